The van der Waals surface area contributed by atoms with E-state index in [9.17, 15) is 9.90 Å². The Morgan fingerprint density at radius 2 is 2.15 bits per heavy atom. The zero-order valence-corrected chi connectivity index (χ0v) is 9.18. The van der Waals surface area contributed by atoms with Gasteiger partial charge in [-0.15, -0.1) is 0 Å². The van der Waals surface area contributed by atoms with E-state index >= 15 is 0 Å². The van der Waals surface area contributed by atoms with Crippen molar-refractivity contribution in [2.45, 2.75) is 20.3 Å². The summed E-state index contributed by atoms with van der Waals surface area (Å²) >= 11 is 3.18. The third-order valence-electron chi connectivity index (χ3n) is 1.92. The van der Waals surface area contributed by atoms with Crippen LogP contribution in [0.5, 0.6) is 5.75 Å². The van der Waals surface area contributed by atoms with Gasteiger partial charge in [0.15, 0.2) is 5.78 Å². The molecule has 0 fully saturated rings. The summed E-state index contributed by atoms with van der Waals surface area (Å²) < 4.78 is 0.565. The second-order valence-electron chi connectivity index (χ2n) is 2.90. The first-order chi connectivity index (χ1) is 6.06. The lowest BCUT2D eigenvalue weighted by atomic mass is 10.0. The van der Waals surface area contributed by atoms with Crippen molar-refractivity contribution in [1.29, 1.82) is 0 Å². The third-order valence-corrected chi connectivity index (χ3v) is 2.55. The summed E-state index contributed by atoms with van der Waals surface area (Å²) in [6.45, 7) is 3.64. The molecule has 0 radical (unpaired) electrons. The van der Waals surface area contributed by atoms with Gasteiger partial charge < -0.3 is 5.11 Å². The number of halogens is 1. The maximum absolute atomic E-state index is 11.4. The van der Waals surface area contributed by atoms with Gasteiger partial charge in [-0.1, -0.05) is 6.92 Å². The minimum atomic E-state index is 0.0956. The van der Waals surface area contributed by atoms with Crippen LogP contribution in [0.1, 0.15) is 29.3 Å². The Balaban J connectivity index is 3.23. The first-order valence-corrected chi connectivity index (χ1v) is 4.88. The number of carbonyl (C=O) groups excluding carboxylic acids is 1. The highest BCUT2D eigenvalue weighted by Crippen LogP contribution is 2.27. The highest BCUT2D eigenvalue weighted by molar-refractivity contribution is 9.10. The van der Waals surface area contributed by atoms with Crippen molar-refractivity contribution in [2.75, 3.05) is 0 Å². The smallest absolute Gasteiger partial charge is 0.162 e. The summed E-state index contributed by atoms with van der Waals surface area (Å²) in [4.78, 5) is 11.4. The predicted molar refractivity (Wildman–Crippen MR) is 55.2 cm³/mol. The second-order valence-corrected chi connectivity index (χ2v) is 3.75. The summed E-state index contributed by atoms with van der Waals surface area (Å²) in [5.41, 5.74) is 1.49. The number of ketones is 1. The number of aryl methyl sites for hydroxylation is 1. The first-order valence-electron chi connectivity index (χ1n) is 4.08. The Hall–Kier alpha value is -0.830. The molecule has 0 aliphatic carbocycles. The standard InChI is InChI=1S/C10H11BrO2/c1-3-9(12)7-5-8(11)10(13)4-6(7)2/h4-5,13H,3H2,1-2H3. The molecule has 0 aromatic heterocycles. The van der Waals surface area contributed by atoms with E-state index in [1.807, 2.05) is 13.8 Å². The molecule has 0 saturated carbocycles. The van der Waals surface area contributed by atoms with Gasteiger partial charge in [0.2, 0.25) is 0 Å². The molecule has 1 N–H and O–H groups in total. The van der Waals surface area contributed by atoms with Gasteiger partial charge in [-0.05, 0) is 40.5 Å². The number of hydrogen-bond donors (Lipinski definition) is 1. The van der Waals surface area contributed by atoms with Crippen LogP contribution in [-0.4, -0.2) is 10.9 Å². The largest absolute Gasteiger partial charge is 0.507 e. The number of aromatic hydroxyl groups is 1. The van der Waals surface area contributed by atoms with Crippen LogP contribution >= 0.6 is 15.9 Å². The molecule has 1 rings (SSSR count). The van der Waals surface area contributed by atoms with E-state index in [-0.39, 0.29) is 11.5 Å². The number of hydrogen-bond acceptors (Lipinski definition) is 2. The van der Waals surface area contributed by atoms with Gasteiger partial charge in [-0.3, -0.25) is 4.79 Å². The fourth-order valence-electron chi connectivity index (χ4n) is 1.16. The molecule has 0 amide bonds. The van der Waals surface area contributed by atoms with E-state index in [4.69, 9.17) is 0 Å². The van der Waals surface area contributed by atoms with E-state index in [1.165, 1.54) is 0 Å². The Morgan fingerprint density at radius 3 is 2.69 bits per heavy atom. The number of phenolic OH excluding ortho intramolecular Hbond substituents is 1. The van der Waals surface area contributed by atoms with Crippen LogP contribution in [0.3, 0.4) is 0 Å². The molecule has 0 spiro atoms. The van der Waals surface area contributed by atoms with Crippen LogP contribution in [0, 0.1) is 6.92 Å². The van der Waals surface area contributed by atoms with Crippen molar-refractivity contribution < 1.29 is 9.90 Å². The summed E-state index contributed by atoms with van der Waals surface area (Å²) in [5.74, 6) is 0.267. The van der Waals surface area contributed by atoms with Gasteiger partial charge in [0.25, 0.3) is 0 Å². The number of phenols is 1. The van der Waals surface area contributed by atoms with Gasteiger partial charge in [0.05, 0.1) is 4.47 Å². The van der Waals surface area contributed by atoms with E-state index < -0.39 is 0 Å². The minimum Gasteiger partial charge on any atom is -0.507 e. The molecule has 0 heterocycles. The van der Waals surface area contributed by atoms with Crippen LogP contribution in [0.25, 0.3) is 0 Å². The molecular weight excluding hydrogens is 232 g/mol. The van der Waals surface area contributed by atoms with E-state index in [2.05, 4.69) is 15.9 Å². The number of benzene rings is 1. The molecule has 0 bridgehead atoms. The Labute approximate surface area is 85.7 Å². The lowest BCUT2D eigenvalue weighted by Gasteiger charge is -2.05. The number of Topliss-reactive ketones (excluding diaryl/α,β-unsaturated/α-hetero) is 1. The van der Waals surface area contributed by atoms with Crippen molar-refractivity contribution in [3.8, 4) is 5.75 Å². The monoisotopic (exact) mass is 242 g/mol. The average Bonchev–Trinajstić information content (AvgIpc) is 2.10. The molecule has 3 heteroatoms. The highest BCUT2D eigenvalue weighted by atomic mass is 79.9. The summed E-state index contributed by atoms with van der Waals surface area (Å²) in [5, 5.41) is 9.32. The molecule has 0 unspecified atom stereocenters. The lowest BCUT2D eigenvalue weighted by molar-refractivity contribution is 0.0987. The quantitative estimate of drug-likeness (QED) is 0.810. The highest BCUT2D eigenvalue weighted by Gasteiger charge is 2.09. The van der Waals surface area contributed by atoms with Gasteiger partial charge in [0.1, 0.15) is 5.75 Å². The zero-order chi connectivity index (χ0) is 10.0. The van der Waals surface area contributed by atoms with Crippen molar-refractivity contribution in [2.24, 2.45) is 0 Å². The molecule has 0 atom stereocenters. The van der Waals surface area contributed by atoms with Gasteiger partial charge in [-0.25, -0.2) is 0 Å². The molecule has 0 aliphatic heterocycles. The van der Waals surface area contributed by atoms with Crippen molar-refractivity contribution in [3.63, 3.8) is 0 Å². The number of carbonyl (C=O) groups is 1. The molecule has 1 aromatic carbocycles. The number of rotatable bonds is 2. The normalized spacial score (nSPS) is 10.1. The molecule has 2 nitrogen and oxygen atoms in total. The fourth-order valence-corrected chi connectivity index (χ4v) is 1.50. The van der Waals surface area contributed by atoms with Crippen LogP contribution in [0.2, 0.25) is 0 Å². The molecule has 0 saturated heterocycles. The Morgan fingerprint density at radius 1 is 1.54 bits per heavy atom. The average molecular weight is 243 g/mol. The predicted octanol–water partition coefficient (Wildman–Crippen LogP) is 3.06. The molecule has 1 aromatic rings. The molecule has 0 aliphatic rings. The third kappa shape index (κ3) is 2.10. The van der Waals surface area contributed by atoms with Crippen molar-refractivity contribution in [1.82, 2.24) is 0 Å². The van der Waals surface area contributed by atoms with E-state index in [0.29, 0.717) is 16.5 Å². The van der Waals surface area contributed by atoms with Gasteiger partial charge in [0, 0.05) is 12.0 Å². The van der Waals surface area contributed by atoms with Gasteiger partial charge in [-0.2, -0.15) is 0 Å². The second kappa shape index (κ2) is 3.92. The van der Waals surface area contributed by atoms with Crippen LogP contribution < -0.4 is 0 Å². The van der Waals surface area contributed by atoms with Crippen LogP contribution in [0.15, 0.2) is 16.6 Å². The molecule has 13 heavy (non-hydrogen) atoms. The first kappa shape index (κ1) is 10.3. The Bertz CT molecular complexity index is 345. The summed E-state index contributed by atoms with van der Waals surface area (Å²) in [7, 11) is 0. The maximum Gasteiger partial charge on any atom is 0.162 e. The minimum absolute atomic E-state index is 0.0956. The summed E-state index contributed by atoms with van der Waals surface area (Å²) in [6, 6.07) is 3.25. The van der Waals surface area contributed by atoms with Crippen LogP contribution in [-0.2, 0) is 0 Å². The van der Waals surface area contributed by atoms with Crippen molar-refractivity contribution >= 4 is 21.7 Å². The Kier molecular flexibility index (Phi) is 3.09. The topological polar surface area (TPSA) is 37.3 Å². The lowest BCUT2D eigenvalue weighted by Crippen LogP contribution is -1.99. The van der Waals surface area contributed by atoms with E-state index in [0.717, 1.165) is 5.56 Å². The SMILES string of the molecule is CCC(=O)c1cc(Br)c(O)cc1C. The maximum atomic E-state index is 11.4. The summed E-state index contributed by atoms with van der Waals surface area (Å²) in [6.07, 6.45) is 0.484. The zero-order valence-electron chi connectivity index (χ0n) is 7.60. The van der Waals surface area contributed by atoms with Gasteiger partial charge >= 0.3 is 0 Å². The van der Waals surface area contributed by atoms with Crippen molar-refractivity contribution in [3.05, 3.63) is 27.7 Å². The van der Waals surface area contributed by atoms with Crippen LogP contribution in [0.4, 0.5) is 0 Å². The fraction of sp³-hybridized carbons (Fsp3) is 0.300. The van der Waals surface area contributed by atoms with E-state index in [1.54, 1.807) is 12.1 Å². The molecule has 70 valence electrons. The molecular formula is C10H11BrO2.